The summed E-state index contributed by atoms with van der Waals surface area (Å²) < 4.78 is 5.29. The van der Waals surface area contributed by atoms with E-state index in [1.807, 2.05) is 12.1 Å². The first-order valence-electron chi connectivity index (χ1n) is 7.10. The van der Waals surface area contributed by atoms with Crippen LogP contribution >= 0.6 is 0 Å². The largest absolute Gasteiger partial charge is 0.497 e. The molecule has 0 N–H and O–H groups in total. The van der Waals surface area contributed by atoms with Gasteiger partial charge in [0.2, 0.25) is 0 Å². The minimum absolute atomic E-state index is 0.285. The van der Waals surface area contributed by atoms with Gasteiger partial charge in [0.25, 0.3) is 0 Å². The topological polar surface area (TPSA) is 26.3 Å². The Morgan fingerprint density at radius 3 is 2.95 bits per heavy atom. The molecular weight excluding hydrogens is 248 g/mol. The number of rotatable bonds is 1. The van der Waals surface area contributed by atoms with E-state index in [1.165, 1.54) is 27.5 Å². The van der Waals surface area contributed by atoms with Gasteiger partial charge < -0.3 is 4.74 Å². The fourth-order valence-corrected chi connectivity index (χ4v) is 3.62. The molecule has 2 aliphatic rings. The lowest BCUT2D eigenvalue weighted by Gasteiger charge is -2.25. The van der Waals surface area contributed by atoms with Crippen molar-refractivity contribution in [1.82, 2.24) is 0 Å². The van der Waals surface area contributed by atoms with E-state index in [0.717, 1.165) is 18.6 Å². The lowest BCUT2D eigenvalue weighted by atomic mass is 9.79. The van der Waals surface area contributed by atoms with Crippen LogP contribution in [0.4, 0.5) is 0 Å². The molecule has 0 aliphatic heterocycles. The van der Waals surface area contributed by atoms with Crippen LogP contribution < -0.4 is 4.74 Å². The molecule has 0 saturated heterocycles. The van der Waals surface area contributed by atoms with Crippen molar-refractivity contribution in [1.29, 1.82) is 0 Å². The summed E-state index contributed by atoms with van der Waals surface area (Å²) in [6.45, 7) is 0. The first kappa shape index (κ1) is 11.7. The van der Waals surface area contributed by atoms with Crippen LogP contribution in [0, 0.1) is 5.92 Å². The Labute approximate surface area is 118 Å². The highest BCUT2D eigenvalue weighted by Crippen LogP contribution is 2.43. The van der Waals surface area contributed by atoms with Crippen molar-refractivity contribution in [3.8, 4) is 5.75 Å². The summed E-state index contributed by atoms with van der Waals surface area (Å²) in [5, 5.41) is 2.51. The van der Waals surface area contributed by atoms with Crippen molar-refractivity contribution in [2.24, 2.45) is 5.92 Å². The second kappa shape index (κ2) is 4.20. The molecule has 0 unspecified atom stereocenters. The molecule has 2 aliphatic carbocycles. The highest BCUT2D eigenvalue weighted by atomic mass is 16.5. The van der Waals surface area contributed by atoms with Crippen molar-refractivity contribution < 1.29 is 9.53 Å². The molecule has 0 heterocycles. The van der Waals surface area contributed by atoms with Crippen molar-refractivity contribution in [2.45, 2.75) is 19.3 Å². The zero-order valence-electron chi connectivity index (χ0n) is 11.5. The fraction of sp³-hybridized carbons (Fsp3) is 0.278. The molecule has 0 bridgehead atoms. The van der Waals surface area contributed by atoms with Gasteiger partial charge >= 0.3 is 0 Å². The molecule has 0 spiro atoms. The van der Waals surface area contributed by atoms with Gasteiger partial charge in [-0.25, -0.2) is 0 Å². The molecule has 2 nitrogen and oxygen atoms in total. The zero-order valence-corrected chi connectivity index (χ0v) is 11.5. The number of allylic oxidation sites excluding steroid dienone is 2. The highest BCUT2D eigenvalue weighted by Gasteiger charge is 2.31. The number of benzene rings is 2. The normalized spacial score (nSPS) is 20.6. The maximum Gasteiger partial charge on any atom is 0.156 e. The monoisotopic (exact) mass is 264 g/mol. The van der Waals surface area contributed by atoms with Gasteiger partial charge in [0.1, 0.15) is 5.75 Å². The van der Waals surface area contributed by atoms with Crippen molar-refractivity contribution in [3.63, 3.8) is 0 Å². The Hall–Kier alpha value is -2.09. The summed E-state index contributed by atoms with van der Waals surface area (Å²) in [5.41, 5.74) is 3.93. The molecule has 1 atom stereocenters. The van der Waals surface area contributed by atoms with Crippen LogP contribution in [-0.2, 0) is 11.2 Å². The molecule has 100 valence electrons. The van der Waals surface area contributed by atoms with Crippen molar-refractivity contribution >= 4 is 22.1 Å². The Balaban J connectivity index is 1.94. The maximum absolute atomic E-state index is 11.7. The zero-order chi connectivity index (χ0) is 13.7. The third kappa shape index (κ3) is 1.61. The second-order valence-corrected chi connectivity index (χ2v) is 5.68. The van der Waals surface area contributed by atoms with E-state index in [9.17, 15) is 4.79 Å². The Bertz CT molecular complexity index is 755. The maximum atomic E-state index is 11.7. The van der Waals surface area contributed by atoms with Gasteiger partial charge in [0.15, 0.2) is 5.78 Å². The van der Waals surface area contributed by atoms with Gasteiger partial charge in [0.05, 0.1) is 7.11 Å². The average Bonchev–Trinajstić information content (AvgIpc) is 2.86. The van der Waals surface area contributed by atoms with E-state index in [2.05, 4.69) is 24.3 Å². The quantitative estimate of drug-likeness (QED) is 0.783. The van der Waals surface area contributed by atoms with Crippen LogP contribution in [-0.4, -0.2) is 12.9 Å². The highest BCUT2D eigenvalue weighted by molar-refractivity contribution is 6.05. The molecule has 2 aromatic carbocycles. The van der Waals surface area contributed by atoms with Gasteiger partial charge in [-0.1, -0.05) is 18.2 Å². The van der Waals surface area contributed by atoms with Crippen LogP contribution in [0.1, 0.15) is 24.0 Å². The first-order valence-corrected chi connectivity index (χ1v) is 7.10. The lowest BCUT2D eigenvalue weighted by Crippen LogP contribution is -2.11. The lowest BCUT2D eigenvalue weighted by molar-refractivity contribution is -0.114. The molecule has 4 rings (SSSR count). The summed E-state index contributed by atoms with van der Waals surface area (Å²) >= 11 is 0. The number of fused-ring (bicyclic) bond motifs is 5. The van der Waals surface area contributed by atoms with Crippen molar-refractivity contribution in [3.05, 3.63) is 47.5 Å². The van der Waals surface area contributed by atoms with Gasteiger partial charge in [-0.05, 0) is 64.4 Å². The molecule has 2 aromatic rings. The molecule has 2 heteroatoms. The first-order chi connectivity index (χ1) is 9.76. The number of methoxy groups -OCH3 is 1. The predicted octanol–water partition coefficient (Wildman–Crippen LogP) is 3.77. The van der Waals surface area contributed by atoms with E-state index in [4.69, 9.17) is 4.74 Å². The Morgan fingerprint density at radius 1 is 1.20 bits per heavy atom. The van der Waals surface area contributed by atoms with Crippen LogP contribution in [0.25, 0.3) is 16.3 Å². The van der Waals surface area contributed by atoms with Crippen LogP contribution in [0.15, 0.2) is 36.4 Å². The standard InChI is InChI=1S/C18H16O2/c1-20-14-4-7-15-12(9-14)3-6-17-16(15)5-2-11-8-13(19)10-18(11)17/h3-4,6-7,9-11H,2,5,8H2,1H3/t11-/m1/s1. The number of carbonyl (C=O) groups excluding carboxylic acids is 1. The molecule has 20 heavy (non-hydrogen) atoms. The number of carbonyl (C=O) groups is 1. The summed E-state index contributed by atoms with van der Waals surface area (Å²) in [6.07, 6.45) is 4.72. The summed E-state index contributed by atoms with van der Waals surface area (Å²) in [4.78, 5) is 11.7. The van der Waals surface area contributed by atoms with Gasteiger partial charge in [0, 0.05) is 6.42 Å². The van der Waals surface area contributed by atoms with E-state index < -0.39 is 0 Å². The minimum atomic E-state index is 0.285. The van der Waals surface area contributed by atoms with E-state index in [1.54, 1.807) is 7.11 Å². The van der Waals surface area contributed by atoms with Gasteiger partial charge in [-0.15, -0.1) is 0 Å². The van der Waals surface area contributed by atoms with E-state index in [0.29, 0.717) is 12.3 Å². The number of ketones is 1. The Kier molecular flexibility index (Phi) is 2.46. The number of hydrogen-bond acceptors (Lipinski definition) is 2. The van der Waals surface area contributed by atoms with Gasteiger partial charge in [-0.3, -0.25) is 4.79 Å². The van der Waals surface area contributed by atoms with Crippen LogP contribution in [0.3, 0.4) is 0 Å². The van der Waals surface area contributed by atoms with Gasteiger partial charge in [-0.2, -0.15) is 0 Å². The molecule has 0 aromatic heterocycles. The molecule has 0 amide bonds. The number of aryl methyl sites for hydroxylation is 1. The molecule has 0 fully saturated rings. The molecule has 0 radical (unpaired) electrons. The third-order valence-corrected chi connectivity index (χ3v) is 4.60. The second-order valence-electron chi connectivity index (χ2n) is 5.68. The van der Waals surface area contributed by atoms with E-state index >= 15 is 0 Å². The smallest absolute Gasteiger partial charge is 0.156 e. The predicted molar refractivity (Wildman–Crippen MR) is 79.9 cm³/mol. The fourth-order valence-electron chi connectivity index (χ4n) is 3.62. The Morgan fingerprint density at radius 2 is 2.10 bits per heavy atom. The van der Waals surface area contributed by atoms with Crippen LogP contribution in [0.5, 0.6) is 5.75 Å². The van der Waals surface area contributed by atoms with Crippen molar-refractivity contribution in [2.75, 3.05) is 7.11 Å². The SMILES string of the molecule is COc1ccc2c3c(ccc2c1)C1=CC(=O)C[C@H]1CC3. The van der Waals surface area contributed by atoms with Crippen LogP contribution in [0.2, 0.25) is 0 Å². The summed E-state index contributed by atoms with van der Waals surface area (Å²) in [5.74, 6) is 1.62. The number of ether oxygens (including phenoxy) is 1. The molecular formula is C18H16O2. The third-order valence-electron chi connectivity index (χ3n) is 4.60. The summed E-state index contributed by atoms with van der Waals surface area (Å²) in [7, 11) is 1.69. The summed E-state index contributed by atoms with van der Waals surface area (Å²) in [6, 6.07) is 10.6. The average molecular weight is 264 g/mol. The van der Waals surface area contributed by atoms with E-state index in [-0.39, 0.29) is 5.78 Å². The number of hydrogen-bond donors (Lipinski definition) is 0. The minimum Gasteiger partial charge on any atom is -0.497 e. The molecule has 0 saturated carbocycles.